The molecule has 0 N–H and O–H groups in total. The quantitative estimate of drug-likeness (QED) is 0.159. The fraction of sp³-hybridized carbons (Fsp3) is 0.0816. The van der Waals surface area contributed by atoms with Gasteiger partial charge in [0.05, 0.1) is 11.0 Å². The van der Waals surface area contributed by atoms with Gasteiger partial charge in [-0.25, -0.2) is 4.98 Å². The lowest BCUT2D eigenvalue weighted by atomic mass is 9.99. The van der Waals surface area contributed by atoms with Crippen LogP contribution in [0.5, 0.6) is 0 Å². The monoisotopic (exact) mass is 696 g/mol. The summed E-state index contributed by atoms with van der Waals surface area (Å²) in [6, 6.07) is 57.3. The van der Waals surface area contributed by atoms with Crippen molar-refractivity contribution in [3.05, 3.63) is 169 Å². The zero-order chi connectivity index (χ0) is 36.0. The number of aryl methyl sites for hydroxylation is 1. The van der Waals surface area contributed by atoms with Gasteiger partial charge >= 0.3 is 0 Å². The molecule has 54 heavy (non-hydrogen) atoms. The van der Waals surface area contributed by atoms with E-state index in [2.05, 4.69) is 115 Å². The van der Waals surface area contributed by atoms with Crippen LogP contribution in [-0.2, 0) is 6.42 Å². The smallest absolute Gasteiger partial charge is 0.238 e. The summed E-state index contributed by atoms with van der Waals surface area (Å²) in [5, 5.41) is 4.54. The summed E-state index contributed by atoms with van der Waals surface area (Å²) in [5.41, 5.74) is 11.5. The van der Waals surface area contributed by atoms with Crippen LogP contribution >= 0.6 is 0 Å². The number of nitrogens with zero attached hydrogens (tertiary/aromatic N) is 4. The lowest BCUT2D eigenvalue weighted by molar-refractivity contribution is 0.669. The van der Waals surface area contributed by atoms with Crippen molar-refractivity contribution in [2.45, 2.75) is 26.2 Å². The molecule has 0 spiro atoms. The molecule has 0 amide bonds. The first-order valence-electron chi connectivity index (χ1n) is 18.7. The Morgan fingerprint density at radius 2 is 1.17 bits per heavy atom. The van der Waals surface area contributed by atoms with E-state index in [1.54, 1.807) is 0 Å². The van der Waals surface area contributed by atoms with Gasteiger partial charge in [-0.2, -0.15) is 9.97 Å². The van der Waals surface area contributed by atoms with Crippen molar-refractivity contribution in [2.75, 3.05) is 0 Å². The third kappa shape index (κ3) is 5.53. The largest absolute Gasteiger partial charge is 0.455 e. The molecule has 5 heteroatoms. The Labute approximate surface area is 313 Å². The van der Waals surface area contributed by atoms with Gasteiger partial charge in [0.15, 0.2) is 11.6 Å². The number of furan rings is 1. The molecule has 0 atom stereocenters. The lowest BCUT2D eigenvalue weighted by Gasteiger charge is -2.11. The second kappa shape index (κ2) is 13.3. The molecule has 0 aliphatic carbocycles. The highest BCUT2D eigenvalue weighted by Crippen LogP contribution is 2.40. The molecule has 258 valence electrons. The summed E-state index contributed by atoms with van der Waals surface area (Å²) in [6.07, 6.45) is 3.43. The average molecular weight is 697 g/mol. The molecule has 5 nitrogen and oxygen atoms in total. The van der Waals surface area contributed by atoms with E-state index in [1.165, 1.54) is 23.8 Å². The molecule has 10 aromatic rings. The number of aromatic nitrogens is 4. The van der Waals surface area contributed by atoms with Gasteiger partial charge in [0.1, 0.15) is 11.2 Å². The predicted octanol–water partition coefficient (Wildman–Crippen LogP) is 12.9. The summed E-state index contributed by atoms with van der Waals surface area (Å²) in [6.45, 7) is 2.24. The van der Waals surface area contributed by atoms with Gasteiger partial charge in [-0.3, -0.25) is 4.57 Å². The standard InChI is InChI=1S/C49H36N4O/c1-2-3-14-32-23-28-45-42(29-32)40-22-13-21-38(46(40)54-45)37-25-27-43-41(30-37)39-26-24-36(33-15-7-4-8-16-33)31-44(39)53(43)49-51-47(34-17-9-5-10-18-34)50-48(52-49)35-19-11-6-12-20-35/h4-13,15-31H,2-3,14H2,1H3. The average Bonchev–Trinajstić information content (AvgIpc) is 3.78. The van der Waals surface area contributed by atoms with E-state index in [1.807, 2.05) is 60.7 Å². The molecule has 0 fully saturated rings. The SMILES string of the molecule is CCCCc1ccc2oc3c(-c4ccc5c(c4)c4ccc(-c6ccccc6)cc4n5-c4nc(-c5ccccc5)nc(-c5ccccc5)n4)cccc3c2c1. The first-order chi connectivity index (χ1) is 26.7. The number of unbranched alkanes of at least 4 members (excludes halogenated alkanes) is 1. The summed E-state index contributed by atoms with van der Waals surface area (Å²) in [7, 11) is 0. The second-order valence-electron chi connectivity index (χ2n) is 13.9. The molecule has 7 aromatic carbocycles. The lowest BCUT2D eigenvalue weighted by Crippen LogP contribution is -2.06. The molecule has 3 heterocycles. The maximum atomic E-state index is 6.61. The summed E-state index contributed by atoms with van der Waals surface area (Å²) >= 11 is 0. The minimum Gasteiger partial charge on any atom is -0.455 e. The van der Waals surface area contributed by atoms with Crippen molar-refractivity contribution < 1.29 is 4.42 Å². The van der Waals surface area contributed by atoms with Gasteiger partial charge in [0.2, 0.25) is 5.95 Å². The zero-order valence-electron chi connectivity index (χ0n) is 29.9. The van der Waals surface area contributed by atoms with Crippen LogP contribution < -0.4 is 0 Å². The molecular weight excluding hydrogens is 661 g/mol. The normalized spacial score (nSPS) is 11.6. The number of rotatable bonds is 8. The molecule has 10 rings (SSSR count). The van der Waals surface area contributed by atoms with Crippen LogP contribution in [0.1, 0.15) is 25.3 Å². The number of para-hydroxylation sites is 1. The third-order valence-corrected chi connectivity index (χ3v) is 10.5. The van der Waals surface area contributed by atoms with Crippen LogP contribution in [0.3, 0.4) is 0 Å². The molecule has 0 saturated carbocycles. The Hall–Kier alpha value is -6.85. The van der Waals surface area contributed by atoms with Crippen LogP contribution in [0.15, 0.2) is 168 Å². The predicted molar refractivity (Wildman–Crippen MR) is 222 cm³/mol. The van der Waals surface area contributed by atoms with Gasteiger partial charge in [-0.05, 0) is 65.4 Å². The van der Waals surface area contributed by atoms with E-state index < -0.39 is 0 Å². The van der Waals surface area contributed by atoms with Crippen molar-refractivity contribution >= 4 is 43.7 Å². The summed E-state index contributed by atoms with van der Waals surface area (Å²) in [4.78, 5) is 15.3. The Bertz CT molecular complexity index is 2910. The molecule has 3 aromatic heterocycles. The Kier molecular flexibility index (Phi) is 7.84. The van der Waals surface area contributed by atoms with Gasteiger partial charge in [-0.15, -0.1) is 0 Å². The van der Waals surface area contributed by atoms with Crippen molar-refractivity contribution in [2.24, 2.45) is 0 Å². The minimum absolute atomic E-state index is 0.568. The number of hydrogen-bond acceptors (Lipinski definition) is 4. The van der Waals surface area contributed by atoms with Crippen molar-refractivity contribution in [1.82, 2.24) is 19.5 Å². The van der Waals surface area contributed by atoms with E-state index in [4.69, 9.17) is 19.4 Å². The van der Waals surface area contributed by atoms with Crippen molar-refractivity contribution in [3.8, 4) is 51.0 Å². The highest BCUT2D eigenvalue weighted by Gasteiger charge is 2.20. The van der Waals surface area contributed by atoms with Gasteiger partial charge in [0, 0.05) is 38.2 Å². The van der Waals surface area contributed by atoms with Crippen LogP contribution in [0.2, 0.25) is 0 Å². The maximum Gasteiger partial charge on any atom is 0.238 e. The topological polar surface area (TPSA) is 56.7 Å². The van der Waals surface area contributed by atoms with E-state index >= 15 is 0 Å². The van der Waals surface area contributed by atoms with Crippen LogP contribution in [0.25, 0.3) is 94.7 Å². The highest BCUT2D eigenvalue weighted by atomic mass is 16.3. The van der Waals surface area contributed by atoms with Crippen molar-refractivity contribution in [3.63, 3.8) is 0 Å². The van der Waals surface area contributed by atoms with E-state index in [0.717, 1.165) is 78.2 Å². The molecule has 0 saturated heterocycles. The van der Waals surface area contributed by atoms with E-state index in [-0.39, 0.29) is 0 Å². The highest BCUT2D eigenvalue weighted by molar-refractivity contribution is 6.13. The molecule has 0 unspecified atom stereocenters. The van der Waals surface area contributed by atoms with E-state index in [0.29, 0.717) is 17.6 Å². The first kappa shape index (κ1) is 31.9. The minimum atomic E-state index is 0.568. The third-order valence-electron chi connectivity index (χ3n) is 10.5. The van der Waals surface area contributed by atoms with Gasteiger partial charge in [0.25, 0.3) is 0 Å². The fourth-order valence-electron chi connectivity index (χ4n) is 7.72. The van der Waals surface area contributed by atoms with Gasteiger partial charge < -0.3 is 4.42 Å². The molecule has 0 aliphatic rings. The van der Waals surface area contributed by atoms with Gasteiger partial charge in [-0.1, -0.05) is 147 Å². The first-order valence-corrected chi connectivity index (χ1v) is 18.7. The fourth-order valence-corrected chi connectivity index (χ4v) is 7.72. The molecule has 0 bridgehead atoms. The Balaban J connectivity index is 1.21. The van der Waals surface area contributed by atoms with E-state index in [9.17, 15) is 0 Å². The second-order valence-corrected chi connectivity index (χ2v) is 13.9. The molecular formula is C49H36N4O. The maximum absolute atomic E-state index is 6.61. The zero-order valence-corrected chi connectivity index (χ0v) is 29.9. The molecule has 0 radical (unpaired) electrons. The summed E-state index contributed by atoms with van der Waals surface area (Å²) in [5.74, 6) is 1.82. The van der Waals surface area contributed by atoms with Crippen LogP contribution in [0, 0.1) is 0 Å². The van der Waals surface area contributed by atoms with Crippen molar-refractivity contribution in [1.29, 1.82) is 0 Å². The summed E-state index contributed by atoms with van der Waals surface area (Å²) < 4.78 is 8.81. The van der Waals surface area contributed by atoms with Crippen LogP contribution in [-0.4, -0.2) is 19.5 Å². The Morgan fingerprint density at radius 1 is 0.481 bits per heavy atom. The molecule has 0 aliphatic heterocycles. The number of hydrogen-bond donors (Lipinski definition) is 0. The Morgan fingerprint density at radius 3 is 1.87 bits per heavy atom. The number of benzene rings is 7. The number of fused-ring (bicyclic) bond motifs is 6. The van der Waals surface area contributed by atoms with Crippen LogP contribution in [0.4, 0.5) is 0 Å².